The van der Waals surface area contributed by atoms with Crippen LogP contribution in [0.15, 0.2) is 11.6 Å². The Kier molecular flexibility index (Phi) is 10.7. The van der Waals surface area contributed by atoms with E-state index < -0.39 is 91.3 Å². The van der Waals surface area contributed by atoms with Gasteiger partial charge in [-0.25, -0.2) is 4.79 Å². The van der Waals surface area contributed by atoms with Crippen LogP contribution in [0.25, 0.3) is 0 Å². The molecule has 0 aromatic heterocycles. The van der Waals surface area contributed by atoms with Gasteiger partial charge < -0.3 is 63.1 Å². The van der Waals surface area contributed by atoms with E-state index in [9.17, 15) is 30.0 Å². The first-order valence-electron chi connectivity index (χ1n) is 21.9. The average Bonchev–Trinajstić information content (AvgIpc) is 3.44. The molecule has 0 radical (unpaired) electrons. The molecule has 8 fully saturated rings. The molecule has 21 atom stereocenters. The summed E-state index contributed by atoms with van der Waals surface area (Å²) in [6, 6.07) is 0. The van der Waals surface area contributed by atoms with Gasteiger partial charge in [-0.1, -0.05) is 13.8 Å². The predicted molar refractivity (Wildman–Crippen MR) is 200 cm³/mol. The molecule has 0 amide bonds. The number of esters is 2. The van der Waals surface area contributed by atoms with Crippen molar-refractivity contribution in [2.75, 3.05) is 6.61 Å². The van der Waals surface area contributed by atoms with Gasteiger partial charge in [-0.05, 0) is 101 Å². The van der Waals surface area contributed by atoms with E-state index in [2.05, 4.69) is 13.8 Å². The van der Waals surface area contributed by atoms with Crippen molar-refractivity contribution in [3.05, 3.63) is 11.6 Å². The Balaban J connectivity index is 0.766. The smallest absolute Gasteiger partial charge is 0.331 e. The zero-order valence-corrected chi connectivity index (χ0v) is 34.7. The number of ether oxygens (including phenoxy) is 9. The summed E-state index contributed by atoms with van der Waals surface area (Å²) in [5.41, 5.74) is -0.0638. The Bertz CT molecular complexity index is 1590. The van der Waals surface area contributed by atoms with Gasteiger partial charge >= 0.3 is 11.9 Å². The normalized spacial score (nSPS) is 55.0. The second-order valence-corrected chi connectivity index (χ2v) is 19.6. The Hall–Kier alpha value is -1.76. The molecule has 0 aromatic rings. The van der Waals surface area contributed by atoms with Gasteiger partial charge in [0.15, 0.2) is 25.0 Å². The fourth-order valence-electron chi connectivity index (χ4n) is 13.7. The van der Waals surface area contributed by atoms with Crippen LogP contribution in [0.4, 0.5) is 0 Å². The van der Waals surface area contributed by atoms with E-state index in [4.69, 9.17) is 42.6 Å². The summed E-state index contributed by atoms with van der Waals surface area (Å²) in [4.78, 5) is 23.4. The number of epoxide rings is 1. The monoisotopic (exact) mass is 820 g/mol. The summed E-state index contributed by atoms with van der Waals surface area (Å²) >= 11 is 0. The lowest BCUT2D eigenvalue weighted by atomic mass is 9.44. The minimum absolute atomic E-state index is 0.00394. The maximum atomic E-state index is 12.0. The first kappa shape index (κ1) is 41.6. The van der Waals surface area contributed by atoms with Crippen LogP contribution in [0.1, 0.15) is 112 Å². The van der Waals surface area contributed by atoms with Crippen molar-refractivity contribution in [2.24, 2.45) is 28.6 Å². The van der Waals surface area contributed by atoms with Crippen molar-refractivity contribution >= 4 is 11.9 Å². The Morgan fingerprint density at radius 3 is 1.88 bits per heavy atom. The second kappa shape index (κ2) is 15.0. The van der Waals surface area contributed by atoms with Crippen LogP contribution < -0.4 is 0 Å². The quantitative estimate of drug-likeness (QED) is 0.158. The third-order valence-electron chi connectivity index (χ3n) is 16.6. The van der Waals surface area contributed by atoms with Crippen LogP contribution in [0, 0.1) is 28.6 Å². The van der Waals surface area contributed by atoms with E-state index in [1.54, 1.807) is 19.9 Å². The van der Waals surface area contributed by atoms with Crippen molar-refractivity contribution in [2.45, 2.75) is 209 Å². The third kappa shape index (κ3) is 6.55. The van der Waals surface area contributed by atoms with Crippen molar-refractivity contribution in [3.8, 4) is 0 Å². The summed E-state index contributed by atoms with van der Waals surface area (Å²) in [6.07, 6.45) is -0.436. The maximum absolute atomic E-state index is 12.0. The van der Waals surface area contributed by atoms with Gasteiger partial charge in [-0.15, -0.1) is 0 Å². The molecular weight excluding hydrogens is 756 g/mol. The molecule has 0 bridgehead atoms. The molecule has 4 saturated heterocycles. The minimum atomic E-state index is -0.984. The summed E-state index contributed by atoms with van der Waals surface area (Å²) < 4.78 is 54.8. The molecule has 0 aromatic carbocycles. The molecular formula is C43H64O15. The Morgan fingerprint density at radius 2 is 1.33 bits per heavy atom. The van der Waals surface area contributed by atoms with Gasteiger partial charge in [-0.3, -0.25) is 4.79 Å². The highest BCUT2D eigenvalue weighted by atomic mass is 16.7. The van der Waals surface area contributed by atoms with Crippen LogP contribution in [0.3, 0.4) is 0 Å². The summed E-state index contributed by atoms with van der Waals surface area (Å²) in [5, 5.41) is 45.0. The molecule has 4 saturated carbocycles. The number of cyclic esters (lactones) is 1. The van der Waals surface area contributed by atoms with Gasteiger partial charge in [0.05, 0.1) is 48.8 Å². The molecule has 58 heavy (non-hydrogen) atoms. The molecule has 4 aliphatic carbocycles. The van der Waals surface area contributed by atoms with Crippen LogP contribution in [-0.2, 0) is 52.2 Å². The largest absolute Gasteiger partial charge is 0.458 e. The molecule has 21 unspecified atom stereocenters. The highest BCUT2D eigenvalue weighted by Crippen LogP contribution is 2.81. The molecule has 15 heteroatoms. The predicted octanol–water partition coefficient (Wildman–Crippen LogP) is 2.95. The highest BCUT2D eigenvalue weighted by molar-refractivity contribution is 5.85. The van der Waals surface area contributed by atoms with E-state index >= 15 is 0 Å². The number of hydrogen-bond acceptors (Lipinski definition) is 15. The molecule has 9 aliphatic rings. The van der Waals surface area contributed by atoms with Crippen molar-refractivity contribution in [1.29, 1.82) is 0 Å². The molecule has 15 nitrogen and oxygen atoms in total. The number of aliphatic hydroxyl groups excluding tert-OH is 4. The Morgan fingerprint density at radius 1 is 0.741 bits per heavy atom. The number of rotatable bonds is 8. The number of hydrogen-bond donors (Lipinski definition) is 4. The highest BCUT2D eigenvalue weighted by Gasteiger charge is 2.88. The van der Waals surface area contributed by atoms with Gasteiger partial charge in [-0.2, -0.15) is 0 Å². The number of aliphatic hydroxyl groups is 4. The van der Waals surface area contributed by atoms with Crippen LogP contribution in [-0.4, -0.2) is 136 Å². The van der Waals surface area contributed by atoms with Gasteiger partial charge in [0, 0.05) is 37.7 Å². The maximum Gasteiger partial charge on any atom is 0.331 e. The third-order valence-corrected chi connectivity index (χ3v) is 16.6. The number of carbonyl (C=O) groups excluding carboxylic acids is 2. The molecule has 2 spiro atoms. The summed E-state index contributed by atoms with van der Waals surface area (Å²) in [6.45, 7) is 11.5. The lowest BCUT2D eigenvalue weighted by Crippen LogP contribution is -2.63. The minimum Gasteiger partial charge on any atom is -0.458 e. The number of carbonyl (C=O) groups is 2. The van der Waals surface area contributed by atoms with E-state index in [1.165, 1.54) is 6.92 Å². The zero-order chi connectivity index (χ0) is 41.1. The first-order valence-corrected chi connectivity index (χ1v) is 21.9. The van der Waals surface area contributed by atoms with Crippen molar-refractivity contribution in [1.82, 2.24) is 0 Å². The van der Waals surface area contributed by atoms with Crippen LogP contribution in [0.5, 0.6) is 0 Å². The van der Waals surface area contributed by atoms with Crippen LogP contribution in [0.2, 0.25) is 0 Å². The molecule has 326 valence electrons. The summed E-state index contributed by atoms with van der Waals surface area (Å²) in [7, 11) is 0. The SMILES string of the molecule is CC(=O)OC1C(O)CC(OC2C(O)CC(OC3C(O)CC(OC4CCC5(C)C(CCC67OC68CCC(C6=CC(=O)OC6)C8(C)C(O)CC57)C4)OC3C)OC2C)OC1C. The second-order valence-electron chi connectivity index (χ2n) is 19.6. The topological polar surface area (TPSA) is 201 Å². The standard InChI is InChI=1S/C43H64O15/c1-20-37(54-23(4)44)28(45)16-35(52-20)56-39-22(3)53-36(17-30(39)47)57-38-21(2)51-34(15-29(38)46)55-26-8-10-40(5)25(14-26)7-11-42-31(40)18-32(48)41(6)27(9-12-43(41,42)58-42)24-13-33(49)50-19-24/h13,20-22,25-32,34-39,45-48H,7-12,14-19H2,1-6H3. The molecule has 5 heterocycles. The molecule has 9 rings (SSSR count). The fourth-order valence-corrected chi connectivity index (χ4v) is 13.7. The van der Waals surface area contributed by atoms with Crippen molar-refractivity contribution < 1.29 is 72.6 Å². The summed E-state index contributed by atoms with van der Waals surface area (Å²) in [5.74, 6) is -0.0702. The van der Waals surface area contributed by atoms with Gasteiger partial charge in [0.1, 0.15) is 30.0 Å². The first-order chi connectivity index (χ1) is 27.5. The Labute approximate surface area is 340 Å². The van der Waals surface area contributed by atoms with Gasteiger partial charge in [0.25, 0.3) is 0 Å². The zero-order valence-electron chi connectivity index (χ0n) is 34.7. The van der Waals surface area contributed by atoms with Crippen LogP contribution >= 0.6 is 0 Å². The lowest BCUT2D eigenvalue weighted by molar-refractivity contribution is -0.336. The lowest BCUT2D eigenvalue weighted by Gasteiger charge is -2.59. The van der Waals surface area contributed by atoms with E-state index in [0.29, 0.717) is 18.9 Å². The average molecular weight is 821 g/mol. The van der Waals surface area contributed by atoms with Gasteiger partial charge in [0.2, 0.25) is 0 Å². The van der Waals surface area contributed by atoms with Crippen molar-refractivity contribution in [3.63, 3.8) is 0 Å². The molecule has 4 N–H and O–H groups in total. The van der Waals surface area contributed by atoms with E-state index in [0.717, 1.165) is 50.5 Å². The fraction of sp³-hybridized carbons (Fsp3) is 0.907. The number of fused-ring (bicyclic) bond motifs is 2. The van der Waals surface area contributed by atoms with E-state index in [-0.39, 0.29) is 59.8 Å². The molecule has 5 aliphatic heterocycles. The van der Waals surface area contributed by atoms with E-state index in [1.807, 2.05) is 6.92 Å².